The number of hydrogen-bond donors (Lipinski definition) is 2. The van der Waals surface area contributed by atoms with Crippen molar-refractivity contribution in [3.63, 3.8) is 0 Å². The molecular formula is C22H19F3N2O4S. The van der Waals surface area contributed by atoms with Gasteiger partial charge in [0.2, 0.25) is 0 Å². The van der Waals surface area contributed by atoms with Crippen molar-refractivity contribution < 1.29 is 31.1 Å². The molecule has 0 fully saturated rings. The second-order valence-corrected chi connectivity index (χ2v) is 8.61. The number of alkyl halides is 3. The lowest BCUT2D eigenvalue weighted by atomic mass is 10.1. The Labute approximate surface area is 183 Å². The minimum absolute atomic E-state index is 0.0820. The zero-order chi connectivity index (χ0) is 23.5. The van der Waals surface area contributed by atoms with Crippen molar-refractivity contribution in [3.8, 4) is 5.75 Å². The second-order valence-electron chi connectivity index (χ2n) is 6.92. The van der Waals surface area contributed by atoms with Gasteiger partial charge in [-0.05, 0) is 67.9 Å². The predicted molar refractivity (Wildman–Crippen MR) is 114 cm³/mol. The first-order valence-electron chi connectivity index (χ1n) is 9.31. The van der Waals surface area contributed by atoms with Crippen LogP contribution in [0.25, 0.3) is 0 Å². The highest BCUT2D eigenvalue weighted by Crippen LogP contribution is 2.26. The smallest absolute Gasteiger partial charge is 0.406 e. The number of rotatable bonds is 6. The largest absolute Gasteiger partial charge is 0.573 e. The summed E-state index contributed by atoms with van der Waals surface area (Å²) in [4.78, 5) is 12.8. The molecule has 32 heavy (non-hydrogen) atoms. The maximum atomic E-state index is 12.7. The first-order chi connectivity index (χ1) is 14.9. The van der Waals surface area contributed by atoms with Crippen molar-refractivity contribution in [1.82, 2.24) is 0 Å². The summed E-state index contributed by atoms with van der Waals surface area (Å²) in [5.74, 6) is -0.970. The lowest BCUT2D eigenvalue weighted by Crippen LogP contribution is -2.18. The molecule has 0 saturated carbocycles. The van der Waals surface area contributed by atoms with Crippen LogP contribution in [-0.2, 0) is 10.0 Å². The van der Waals surface area contributed by atoms with E-state index in [4.69, 9.17) is 0 Å². The Balaban J connectivity index is 1.77. The van der Waals surface area contributed by atoms with Crippen LogP contribution in [0.5, 0.6) is 5.75 Å². The number of carbonyl (C=O) groups is 1. The predicted octanol–water partition coefficient (Wildman–Crippen LogP) is 5.26. The molecule has 0 aliphatic carbocycles. The van der Waals surface area contributed by atoms with Crippen LogP contribution in [0.1, 0.15) is 21.5 Å². The van der Waals surface area contributed by atoms with E-state index in [-0.39, 0.29) is 21.8 Å². The fraction of sp³-hybridized carbons (Fsp3) is 0.136. The highest BCUT2D eigenvalue weighted by atomic mass is 32.2. The van der Waals surface area contributed by atoms with Crippen LogP contribution in [0.2, 0.25) is 0 Å². The summed E-state index contributed by atoms with van der Waals surface area (Å²) >= 11 is 0. The maximum Gasteiger partial charge on any atom is 0.573 e. The van der Waals surface area contributed by atoms with E-state index in [1.54, 1.807) is 19.1 Å². The number of aryl methyl sites for hydroxylation is 1. The monoisotopic (exact) mass is 464 g/mol. The highest BCUT2D eigenvalue weighted by molar-refractivity contribution is 7.92. The van der Waals surface area contributed by atoms with E-state index in [2.05, 4.69) is 14.8 Å². The van der Waals surface area contributed by atoms with Crippen LogP contribution in [0, 0.1) is 13.8 Å². The Morgan fingerprint density at radius 1 is 0.906 bits per heavy atom. The first-order valence-corrected chi connectivity index (χ1v) is 10.8. The summed E-state index contributed by atoms with van der Waals surface area (Å²) < 4.78 is 68.4. The minimum atomic E-state index is -4.81. The molecule has 6 nitrogen and oxygen atoms in total. The molecule has 2 N–H and O–H groups in total. The van der Waals surface area contributed by atoms with Crippen LogP contribution in [0.3, 0.4) is 0 Å². The van der Waals surface area contributed by atoms with E-state index in [9.17, 15) is 26.4 Å². The van der Waals surface area contributed by atoms with Crippen molar-refractivity contribution >= 4 is 27.3 Å². The molecule has 0 aliphatic rings. The average molecular weight is 464 g/mol. The number of halogens is 3. The number of carbonyl (C=O) groups excluding carboxylic acids is 1. The highest BCUT2D eigenvalue weighted by Gasteiger charge is 2.31. The van der Waals surface area contributed by atoms with E-state index < -0.39 is 28.0 Å². The van der Waals surface area contributed by atoms with Crippen molar-refractivity contribution in [3.05, 3.63) is 83.4 Å². The van der Waals surface area contributed by atoms with Gasteiger partial charge >= 0.3 is 6.36 Å². The van der Waals surface area contributed by atoms with E-state index >= 15 is 0 Å². The number of ether oxygens (including phenoxy) is 1. The molecule has 3 aromatic rings. The summed E-state index contributed by atoms with van der Waals surface area (Å²) in [6, 6.07) is 15.5. The molecule has 0 aromatic heterocycles. The molecule has 0 spiro atoms. The molecular weight excluding hydrogens is 445 g/mol. The Morgan fingerprint density at radius 2 is 1.53 bits per heavy atom. The Bertz CT molecular complexity index is 1220. The quantitative estimate of drug-likeness (QED) is 0.522. The van der Waals surface area contributed by atoms with E-state index in [1.807, 2.05) is 6.92 Å². The second kappa shape index (κ2) is 8.91. The zero-order valence-electron chi connectivity index (χ0n) is 17.0. The molecule has 0 atom stereocenters. The van der Waals surface area contributed by atoms with Crippen molar-refractivity contribution in [2.24, 2.45) is 0 Å². The molecule has 168 valence electrons. The summed E-state index contributed by atoms with van der Waals surface area (Å²) in [7, 11) is -3.86. The number of nitrogens with one attached hydrogen (secondary N) is 2. The van der Waals surface area contributed by atoms with Gasteiger partial charge in [-0.25, -0.2) is 8.42 Å². The fourth-order valence-corrected chi connectivity index (χ4v) is 3.97. The standard InChI is InChI=1S/C22H19F3N2O4S/c1-14-6-12-18(13-7-14)32(29,30)27-20-5-3-4-19(15(20)2)21(28)26-16-8-10-17(11-9-16)31-22(23,24)25/h3-13,27H,1-2H3,(H,26,28). The van der Waals surface area contributed by atoms with Crippen molar-refractivity contribution in [1.29, 1.82) is 0 Å². The summed E-state index contributed by atoms with van der Waals surface area (Å²) in [5.41, 5.74) is 1.97. The Hall–Kier alpha value is -3.53. The van der Waals surface area contributed by atoms with Crippen LogP contribution < -0.4 is 14.8 Å². The molecule has 0 radical (unpaired) electrons. The van der Waals surface area contributed by atoms with Crippen LogP contribution in [0.4, 0.5) is 24.5 Å². The Kier molecular flexibility index (Phi) is 6.45. The zero-order valence-corrected chi connectivity index (χ0v) is 17.8. The summed E-state index contributed by atoms with van der Waals surface area (Å²) in [6.07, 6.45) is -4.81. The summed E-state index contributed by atoms with van der Waals surface area (Å²) in [5, 5.41) is 2.56. The SMILES string of the molecule is Cc1ccc(S(=O)(=O)Nc2cccc(C(=O)Nc3ccc(OC(F)(F)F)cc3)c2C)cc1. The maximum absolute atomic E-state index is 12.7. The summed E-state index contributed by atoms with van der Waals surface area (Å²) in [6.45, 7) is 3.43. The lowest BCUT2D eigenvalue weighted by Gasteiger charge is -2.14. The third-order valence-electron chi connectivity index (χ3n) is 4.50. The van der Waals surface area contributed by atoms with Gasteiger partial charge < -0.3 is 10.1 Å². The topological polar surface area (TPSA) is 84.5 Å². The Morgan fingerprint density at radius 3 is 2.12 bits per heavy atom. The van der Waals surface area contributed by atoms with Crippen molar-refractivity contribution in [2.75, 3.05) is 10.0 Å². The molecule has 3 aromatic carbocycles. The number of anilines is 2. The minimum Gasteiger partial charge on any atom is -0.406 e. The molecule has 1 amide bonds. The van der Waals surface area contributed by atoms with Crippen LogP contribution in [-0.4, -0.2) is 20.7 Å². The fourth-order valence-electron chi connectivity index (χ4n) is 2.85. The van der Waals surface area contributed by atoms with Gasteiger partial charge in [0.1, 0.15) is 5.75 Å². The molecule has 0 bridgehead atoms. The average Bonchev–Trinajstić information content (AvgIpc) is 2.70. The molecule has 0 aliphatic heterocycles. The third kappa shape index (κ3) is 5.79. The molecule has 3 rings (SSSR count). The van der Waals surface area contributed by atoms with Gasteiger partial charge in [0.15, 0.2) is 0 Å². The van der Waals surface area contributed by atoms with Gasteiger partial charge in [-0.1, -0.05) is 23.8 Å². The van der Waals surface area contributed by atoms with E-state index in [1.165, 1.54) is 42.5 Å². The first kappa shape index (κ1) is 23.1. The van der Waals surface area contributed by atoms with Crippen LogP contribution >= 0.6 is 0 Å². The van der Waals surface area contributed by atoms with Gasteiger partial charge in [-0.15, -0.1) is 13.2 Å². The van der Waals surface area contributed by atoms with Gasteiger partial charge in [-0.3, -0.25) is 9.52 Å². The van der Waals surface area contributed by atoms with Gasteiger partial charge in [0.25, 0.3) is 15.9 Å². The van der Waals surface area contributed by atoms with Crippen LogP contribution in [0.15, 0.2) is 71.6 Å². The molecule has 0 heterocycles. The third-order valence-corrected chi connectivity index (χ3v) is 5.88. The van der Waals surface area contributed by atoms with Crippen molar-refractivity contribution in [2.45, 2.75) is 25.1 Å². The van der Waals surface area contributed by atoms with Gasteiger partial charge in [0.05, 0.1) is 10.6 Å². The number of amides is 1. The number of hydrogen-bond acceptors (Lipinski definition) is 4. The normalized spacial score (nSPS) is 11.7. The van der Waals surface area contributed by atoms with E-state index in [0.29, 0.717) is 5.56 Å². The molecule has 10 heteroatoms. The number of benzene rings is 3. The number of sulfonamides is 1. The lowest BCUT2D eigenvalue weighted by molar-refractivity contribution is -0.274. The van der Waals surface area contributed by atoms with Gasteiger partial charge in [0, 0.05) is 11.3 Å². The molecule has 0 saturated heterocycles. The van der Waals surface area contributed by atoms with E-state index in [0.717, 1.165) is 17.7 Å². The van der Waals surface area contributed by atoms with Gasteiger partial charge in [-0.2, -0.15) is 0 Å². The molecule has 0 unspecified atom stereocenters.